The van der Waals surface area contributed by atoms with Gasteiger partial charge in [0, 0.05) is 18.8 Å². The average molecular weight is 191 g/mol. The van der Waals surface area contributed by atoms with Crippen molar-refractivity contribution in [2.24, 2.45) is 0 Å². The van der Waals surface area contributed by atoms with Gasteiger partial charge in [-0.25, -0.2) is 0 Å². The van der Waals surface area contributed by atoms with Crippen molar-refractivity contribution in [1.29, 1.82) is 0 Å². The van der Waals surface area contributed by atoms with Crippen LogP contribution in [0.5, 0.6) is 0 Å². The van der Waals surface area contributed by atoms with Crippen molar-refractivity contribution in [3.63, 3.8) is 0 Å². The monoisotopic (exact) mass is 191 g/mol. The minimum atomic E-state index is 0.0332. The van der Waals surface area contributed by atoms with E-state index in [2.05, 4.69) is 20.5 Å². The second-order valence-corrected chi connectivity index (χ2v) is 2.69. The highest BCUT2D eigenvalue weighted by Gasteiger charge is 2.06. The molecule has 0 spiro atoms. The van der Waals surface area contributed by atoms with Gasteiger partial charge in [-0.05, 0) is 22.6 Å². The van der Waals surface area contributed by atoms with Crippen molar-refractivity contribution >= 4 is 0 Å². The molecule has 0 amide bonds. The molecule has 2 rings (SSSR count). The summed E-state index contributed by atoms with van der Waals surface area (Å²) < 4.78 is 1.58. The van der Waals surface area contributed by atoms with Crippen molar-refractivity contribution in [2.75, 3.05) is 6.61 Å². The Morgan fingerprint density at radius 1 is 1.29 bits per heavy atom. The Bertz CT molecular complexity index is 399. The third kappa shape index (κ3) is 1.60. The lowest BCUT2D eigenvalue weighted by Gasteiger charge is -2.01. The summed E-state index contributed by atoms with van der Waals surface area (Å²) in [5, 5.41) is 20.0. The predicted octanol–water partition coefficient (Wildman–Crippen LogP) is -0.408. The highest BCUT2D eigenvalue weighted by atomic mass is 16.3. The van der Waals surface area contributed by atoms with Gasteiger partial charge in [-0.15, -0.1) is 5.10 Å². The minimum Gasteiger partial charge on any atom is -0.396 e. The number of hydrogen-bond donors (Lipinski definition) is 1. The van der Waals surface area contributed by atoms with Gasteiger partial charge in [0.2, 0.25) is 0 Å². The zero-order valence-corrected chi connectivity index (χ0v) is 7.41. The van der Waals surface area contributed by atoms with Gasteiger partial charge in [-0.3, -0.25) is 4.98 Å². The Morgan fingerprint density at radius 3 is 2.79 bits per heavy atom. The van der Waals surface area contributed by atoms with E-state index in [9.17, 15) is 0 Å². The van der Waals surface area contributed by atoms with Crippen LogP contribution in [0.4, 0.5) is 0 Å². The molecule has 6 heteroatoms. The number of rotatable bonds is 3. The van der Waals surface area contributed by atoms with E-state index in [4.69, 9.17) is 5.11 Å². The number of pyridine rings is 1. The second-order valence-electron chi connectivity index (χ2n) is 2.69. The van der Waals surface area contributed by atoms with Gasteiger partial charge in [0.25, 0.3) is 0 Å². The number of aromatic nitrogens is 5. The van der Waals surface area contributed by atoms with Crippen LogP contribution >= 0.6 is 0 Å². The first-order valence-electron chi connectivity index (χ1n) is 4.20. The van der Waals surface area contributed by atoms with Crippen LogP contribution in [0.3, 0.4) is 0 Å². The standard InChI is InChI=1S/C8H9N5O/c14-6-3-8-10-11-12-13(8)7-1-4-9-5-2-7/h1-2,4-5,14H,3,6H2. The first kappa shape index (κ1) is 8.76. The molecule has 2 heterocycles. The number of tetrazole rings is 1. The van der Waals surface area contributed by atoms with Crippen LogP contribution < -0.4 is 0 Å². The van der Waals surface area contributed by atoms with E-state index in [1.807, 2.05) is 0 Å². The normalized spacial score (nSPS) is 10.4. The summed E-state index contributed by atoms with van der Waals surface area (Å²) in [6, 6.07) is 3.61. The third-order valence-corrected chi connectivity index (χ3v) is 1.78. The average Bonchev–Trinajstić information content (AvgIpc) is 2.68. The van der Waals surface area contributed by atoms with Crippen LogP contribution in [-0.2, 0) is 6.42 Å². The molecular formula is C8H9N5O. The van der Waals surface area contributed by atoms with Crippen molar-refractivity contribution in [2.45, 2.75) is 6.42 Å². The van der Waals surface area contributed by atoms with Gasteiger partial charge in [0.1, 0.15) is 0 Å². The molecule has 0 aliphatic rings. The lowest BCUT2D eigenvalue weighted by Crippen LogP contribution is -2.05. The largest absolute Gasteiger partial charge is 0.396 e. The zero-order chi connectivity index (χ0) is 9.80. The van der Waals surface area contributed by atoms with Crippen LogP contribution in [-0.4, -0.2) is 36.9 Å². The van der Waals surface area contributed by atoms with E-state index >= 15 is 0 Å². The van der Waals surface area contributed by atoms with Crippen LogP contribution in [0.15, 0.2) is 24.5 Å². The van der Waals surface area contributed by atoms with Crippen molar-refractivity contribution in [3.8, 4) is 5.69 Å². The van der Waals surface area contributed by atoms with E-state index in [1.54, 1.807) is 29.2 Å². The maximum absolute atomic E-state index is 8.79. The maximum Gasteiger partial charge on any atom is 0.158 e. The maximum atomic E-state index is 8.79. The Balaban J connectivity index is 2.37. The van der Waals surface area contributed by atoms with Crippen LogP contribution in [0, 0.1) is 0 Å². The molecule has 0 fully saturated rings. The third-order valence-electron chi connectivity index (χ3n) is 1.78. The molecule has 6 nitrogen and oxygen atoms in total. The van der Waals surface area contributed by atoms with Crippen molar-refractivity contribution in [1.82, 2.24) is 25.2 Å². The van der Waals surface area contributed by atoms with Crippen LogP contribution in [0.25, 0.3) is 5.69 Å². The molecule has 0 bridgehead atoms. The number of nitrogens with zero attached hydrogens (tertiary/aromatic N) is 5. The zero-order valence-electron chi connectivity index (χ0n) is 7.41. The van der Waals surface area contributed by atoms with E-state index in [-0.39, 0.29) is 6.61 Å². The molecule has 0 unspecified atom stereocenters. The molecule has 0 atom stereocenters. The van der Waals surface area contributed by atoms with Gasteiger partial charge in [0.15, 0.2) is 5.82 Å². The topological polar surface area (TPSA) is 76.7 Å². The summed E-state index contributed by atoms with van der Waals surface area (Å²) in [4.78, 5) is 3.90. The predicted molar refractivity (Wildman–Crippen MR) is 47.7 cm³/mol. The van der Waals surface area contributed by atoms with Crippen LogP contribution in [0.1, 0.15) is 5.82 Å². The molecule has 1 N–H and O–H groups in total. The molecule has 0 aromatic carbocycles. The van der Waals surface area contributed by atoms with Gasteiger partial charge >= 0.3 is 0 Å². The Kier molecular flexibility index (Phi) is 2.46. The molecule has 2 aromatic heterocycles. The molecule has 14 heavy (non-hydrogen) atoms. The van der Waals surface area contributed by atoms with E-state index in [0.29, 0.717) is 12.2 Å². The lowest BCUT2D eigenvalue weighted by atomic mass is 10.4. The smallest absolute Gasteiger partial charge is 0.158 e. The summed E-state index contributed by atoms with van der Waals surface area (Å²) in [5.74, 6) is 0.638. The first-order chi connectivity index (χ1) is 6.92. The molecule has 0 saturated carbocycles. The Morgan fingerprint density at radius 2 is 2.07 bits per heavy atom. The summed E-state index contributed by atoms with van der Waals surface area (Å²) in [5.41, 5.74) is 0.841. The SMILES string of the molecule is OCCc1nnnn1-c1ccncc1. The second kappa shape index (κ2) is 3.93. The van der Waals surface area contributed by atoms with Gasteiger partial charge in [-0.2, -0.15) is 4.68 Å². The number of hydrogen-bond acceptors (Lipinski definition) is 5. The minimum absolute atomic E-state index is 0.0332. The number of aliphatic hydroxyl groups excluding tert-OH is 1. The van der Waals surface area contributed by atoms with Crippen molar-refractivity contribution in [3.05, 3.63) is 30.4 Å². The summed E-state index contributed by atoms with van der Waals surface area (Å²) in [6.45, 7) is 0.0332. The van der Waals surface area contributed by atoms with Gasteiger partial charge in [-0.1, -0.05) is 0 Å². The molecular weight excluding hydrogens is 182 g/mol. The molecule has 0 radical (unpaired) electrons. The highest BCUT2D eigenvalue weighted by Crippen LogP contribution is 2.05. The molecule has 2 aromatic rings. The van der Waals surface area contributed by atoms with Gasteiger partial charge < -0.3 is 5.11 Å². The molecule has 72 valence electrons. The van der Waals surface area contributed by atoms with E-state index in [1.165, 1.54) is 0 Å². The summed E-state index contributed by atoms with van der Waals surface area (Å²) in [6.07, 6.45) is 3.77. The fourth-order valence-corrected chi connectivity index (χ4v) is 1.15. The fraction of sp³-hybridized carbons (Fsp3) is 0.250. The molecule has 0 saturated heterocycles. The Labute approximate surface area is 80.2 Å². The van der Waals surface area contributed by atoms with Crippen molar-refractivity contribution < 1.29 is 5.11 Å². The summed E-state index contributed by atoms with van der Waals surface area (Å²) >= 11 is 0. The lowest BCUT2D eigenvalue weighted by molar-refractivity contribution is 0.295. The molecule has 0 aliphatic carbocycles. The Hall–Kier alpha value is -1.82. The van der Waals surface area contributed by atoms with E-state index in [0.717, 1.165) is 5.69 Å². The molecule has 0 aliphatic heterocycles. The quantitative estimate of drug-likeness (QED) is 0.713. The first-order valence-corrected chi connectivity index (χ1v) is 4.20. The number of aliphatic hydroxyl groups is 1. The van der Waals surface area contributed by atoms with Gasteiger partial charge in [0.05, 0.1) is 12.3 Å². The highest BCUT2D eigenvalue weighted by molar-refractivity contribution is 5.27. The van der Waals surface area contributed by atoms with Crippen LogP contribution in [0.2, 0.25) is 0 Å². The van der Waals surface area contributed by atoms with E-state index < -0.39 is 0 Å². The summed E-state index contributed by atoms with van der Waals surface area (Å²) in [7, 11) is 0. The fourth-order valence-electron chi connectivity index (χ4n) is 1.15.